The molecule has 18 heavy (non-hydrogen) atoms. The van der Waals surface area contributed by atoms with Gasteiger partial charge in [-0.15, -0.1) is 0 Å². The molecule has 0 saturated carbocycles. The fourth-order valence-corrected chi connectivity index (χ4v) is 2.56. The van der Waals surface area contributed by atoms with Crippen LogP contribution in [-0.2, 0) is 4.79 Å². The number of nitrogens with zero attached hydrogens (tertiary/aromatic N) is 1. The van der Waals surface area contributed by atoms with E-state index in [9.17, 15) is 9.59 Å². The predicted molar refractivity (Wildman–Crippen MR) is 68.2 cm³/mol. The SMILES string of the molecule is CCN1CC(NC(=O)N[C@H]2CCCNC2)CC1=O. The number of amides is 3. The Balaban J connectivity index is 1.72. The monoisotopic (exact) mass is 254 g/mol. The lowest BCUT2D eigenvalue weighted by Gasteiger charge is -2.24. The number of piperidine rings is 1. The minimum atomic E-state index is -0.153. The van der Waals surface area contributed by atoms with Crippen molar-refractivity contribution in [1.29, 1.82) is 0 Å². The van der Waals surface area contributed by atoms with Gasteiger partial charge in [-0.25, -0.2) is 4.79 Å². The summed E-state index contributed by atoms with van der Waals surface area (Å²) in [6, 6.07) is 0.00610. The summed E-state index contributed by atoms with van der Waals surface area (Å²) in [4.78, 5) is 25.1. The minimum absolute atomic E-state index is 0.0472. The summed E-state index contributed by atoms with van der Waals surface area (Å²) in [6.07, 6.45) is 2.53. The molecule has 3 amide bonds. The van der Waals surface area contributed by atoms with Crippen LogP contribution in [0.2, 0.25) is 0 Å². The van der Waals surface area contributed by atoms with Crippen molar-refractivity contribution in [3.05, 3.63) is 0 Å². The molecule has 6 nitrogen and oxygen atoms in total. The number of hydrogen-bond acceptors (Lipinski definition) is 3. The molecule has 2 aliphatic heterocycles. The van der Waals surface area contributed by atoms with E-state index in [-0.39, 0.29) is 24.0 Å². The molecule has 1 unspecified atom stereocenters. The van der Waals surface area contributed by atoms with Crippen molar-refractivity contribution in [2.24, 2.45) is 0 Å². The quantitative estimate of drug-likeness (QED) is 0.645. The van der Waals surface area contributed by atoms with Gasteiger partial charge >= 0.3 is 6.03 Å². The molecule has 0 aromatic heterocycles. The largest absolute Gasteiger partial charge is 0.341 e. The van der Waals surface area contributed by atoms with E-state index in [0.29, 0.717) is 19.5 Å². The Morgan fingerprint density at radius 2 is 2.22 bits per heavy atom. The molecule has 3 N–H and O–H groups in total. The number of hydrogen-bond donors (Lipinski definition) is 3. The number of urea groups is 1. The van der Waals surface area contributed by atoms with Gasteiger partial charge in [0.25, 0.3) is 0 Å². The Bertz CT molecular complexity index is 315. The molecule has 2 aliphatic rings. The molecule has 2 atom stereocenters. The third kappa shape index (κ3) is 3.35. The van der Waals surface area contributed by atoms with E-state index in [2.05, 4.69) is 16.0 Å². The average molecular weight is 254 g/mol. The number of carbonyl (C=O) groups excluding carboxylic acids is 2. The molecule has 0 aromatic rings. The highest BCUT2D eigenvalue weighted by molar-refractivity contribution is 5.81. The maximum Gasteiger partial charge on any atom is 0.315 e. The fourth-order valence-electron chi connectivity index (χ4n) is 2.56. The number of rotatable bonds is 3. The summed E-state index contributed by atoms with van der Waals surface area (Å²) < 4.78 is 0. The van der Waals surface area contributed by atoms with Gasteiger partial charge in [-0.2, -0.15) is 0 Å². The molecule has 102 valence electrons. The third-order valence-corrected chi connectivity index (χ3v) is 3.56. The van der Waals surface area contributed by atoms with E-state index < -0.39 is 0 Å². The van der Waals surface area contributed by atoms with Gasteiger partial charge < -0.3 is 20.9 Å². The van der Waals surface area contributed by atoms with Crippen molar-refractivity contribution < 1.29 is 9.59 Å². The van der Waals surface area contributed by atoms with Crippen LogP contribution in [0, 0.1) is 0 Å². The first-order valence-electron chi connectivity index (χ1n) is 6.74. The molecule has 0 spiro atoms. The number of carbonyl (C=O) groups is 2. The van der Waals surface area contributed by atoms with Gasteiger partial charge in [-0.1, -0.05) is 0 Å². The standard InChI is InChI=1S/C12H22N4O2/c1-2-16-8-10(6-11(16)17)15-12(18)14-9-4-3-5-13-7-9/h9-10,13H,2-8H2,1H3,(H2,14,15,18)/t9-,10?/m0/s1. The summed E-state index contributed by atoms with van der Waals surface area (Å²) in [7, 11) is 0. The molecule has 0 aromatic carbocycles. The van der Waals surface area contributed by atoms with Crippen LogP contribution in [0.1, 0.15) is 26.2 Å². The Labute approximate surface area is 107 Å². The van der Waals surface area contributed by atoms with Crippen molar-refractivity contribution in [2.45, 2.75) is 38.3 Å². The molecule has 2 saturated heterocycles. The van der Waals surface area contributed by atoms with Crippen LogP contribution in [0.3, 0.4) is 0 Å². The van der Waals surface area contributed by atoms with E-state index in [1.165, 1.54) is 0 Å². The summed E-state index contributed by atoms with van der Waals surface area (Å²) in [5, 5.41) is 9.08. The van der Waals surface area contributed by atoms with Crippen LogP contribution in [0.15, 0.2) is 0 Å². The summed E-state index contributed by atoms with van der Waals surface area (Å²) in [6.45, 7) is 5.16. The van der Waals surface area contributed by atoms with Crippen LogP contribution in [0.5, 0.6) is 0 Å². The molecular formula is C12H22N4O2. The zero-order valence-electron chi connectivity index (χ0n) is 10.9. The first kappa shape index (κ1) is 13.1. The van der Waals surface area contributed by atoms with Crippen molar-refractivity contribution in [1.82, 2.24) is 20.9 Å². The minimum Gasteiger partial charge on any atom is -0.341 e. The van der Waals surface area contributed by atoms with Crippen molar-refractivity contribution in [3.63, 3.8) is 0 Å². The second-order valence-corrected chi connectivity index (χ2v) is 4.99. The van der Waals surface area contributed by atoms with Gasteiger partial charge in [-0.05, 0) is 26.3 Å². The topological polar surface area (TPSA) is 73.5 Å². The number of likely N-dealkylation sites (tertiary alicyclic amines) is 1. The van der Waals surface area contributed by atoms with Crippen molar-refractivity contribution in [2.75, 3.05) is 26.2 Å². The van der Waals surface area contributed by atoms with Crippen LogP contribution < -0.4 is 16.0 Å². The van der Waals surface area contributed by atoms with Gasteiger partial charge in [-0.3, -0.25) is 4.79 Å². The Morgan fingerprint density at radius 1 is 1.44 bits per heavy atom. The zero-order chi connectivity index (χ0) is 13.0. The normalized spacial score (nSPS) is 28.3. The van der Waals surface area contributed by atoms with Crippen LogP contribution in [0.25, 0.3) is 0 Å². The zero-order valence-corrected chi connectivity index (χ0v) is 10.9. The van der Waals surface area contributed by atoms with Crippen LogP contribution in [-0.4, -0.2) is 55.1 Å². The number of likely N-dealkylation sites (N-methyl/N-ethyl adjacent to an activating group) is 1. The van der Waals surface area contributed by atoms with Gasteiger partial charge in [0.05, 0.1) is 6.04 Å². The average Bonchev–Trinajstić information content (AvgIpc) is 2.70. The van der Waals surface area contributed by atoms with E-state index >= 15 is 0 Å². The number of nitrogens with one attached hydrogen (secondary N) is 3. The maximum absolute atomic E-state index is 11.8. The van der Waals surface area contributed by atoms with Gasteiger partial charge in [0, 0.05) is 32.1 Å². The molecule has 0 bridgehead atoms. The summed E-state index contributed by atoms with van der Waals surface area (Å²) >= 11 is 0. The molecule has 2 fully saturated rings. The predicted octanol–water partition coefficient (Wildman–Crippen LogP) is -0.342. The molecular weight excluding hydrogens is 232 g/mol. The lowest BCUT2D eigenvalue weighted by molar-refractivity contribution is -0.127. The molecule has 2 heterocycles. The van der Waals surface area contributed by atoms with E-state index in [0.717, 1.165) is 25.9 Å². The molecule has 0 aliphatic carbocycles. The van der Waals surface area contributed by atoms with E-state index in [4.69, 9.17) is 0 Å². The molecule has 2 rings (SSSR count). The second-order valence-electron chi connectivity index (χ2n) is 4.99. The van der Waals surface area contributed by atoms with Crippen molar-refractivity contribution in [3.8, 4) is 0 Å². The highest BCUT2D eigenvalue weighted by Gasteiger charge is 2.29. The smallest absolute Gasteiger partial charge is 0.315 e. The highest BCUT2D eigenvalue weighted by Crippen LogP contribution is 2.10. The highest BCUT2D eigenvalue weighted by atomic mass is 16.2. The summed E-state index contributed by atoms with van der Waals surface area (Å²) in [5.41, 5.74) is 0. The maximum atomic E-state index is 11.8. The lowest BCUT2D eigenvalue weighted by Crippen LogP contribution is -2.51. The van der Waals surface area contributed by atoms with Crippen LogP contribution >= 0.6 is 0 Å². The summed E-state index contributed by atoms with van der Waals surface area (Å²) in [5.74, 6) is 0.127. The Kier molecular flexibility index (Phi) is 4.41. The Morgan fingerprint density at radius 3 is 2.83 bits per heavy atom. The van der Waals surface area contributed by atoms with Crippen molar-refractivity contribution >= 4 is 11.9 Å². The van der Waals surface area contributed by atoms with Gasteiger partial charge in [0.2, 0.25) is 5.91 Å². The van der Waals surface area contributed by atoms with E-state index in [1.54, 1.807) is 4.90 Å². The second kappa shape index (κ2) is 6.04. The molecule has 6 heteroatoms. The first-order valence-corrected chi connectivity index (χ1v) is 6.74. The third-order valence-electron chi connectivity index (χ3n) is 3.56. The van der Waals surface area contributed by atoms with Gasteiger partial charge in [0.1, 0.15) is 0 Å². The van der Waals surface area contributed by atoms with Crippen LogP contribution in [0.4, 0.5) is 4.79 Å². The van der Waals surface area contributed by atoms with E-state index in [1.807, 2.05) is 6.92 Å². The Hall–Kier alpha value is -1.30. The van der Waals surface area contributed by atoms with Gasteiger partial charge in [0.15, 0.2) is 0 Å². The lowest BCUT2D eigenvalue weighted by atomic mass is 10.1. The first-order chi connectivity index (χ1) is 8.69. The molecule has 0 radical (unpaired) electrons. The fraction of sp³-hybridized carbons (Fsp3) is 0.833.